The van der Waals surface area contributed by atoms with Gasteiger partial charge in [-0.25, -0.2) is 18.1 Å². The van der Waals surface area contributed by atoms with Crippen LogP contribution in [0.1, 0.15) is 34.1 Å². The number of sulfonamides is 1. The van der Waals surface area contributed by atoms with Gasteiger partial charge in [0, 0.05) is 18.8 Å². The monoisotopic (exact) mass is 319 g/mol. The van der Waals surface area contributed by atoms with Gasteiger partial charge in [-0.3, -0.25) is 0 Å². The molecule has 1 aromatic heterocycles. The normalized spacial score (nSPS) is 13.5. The van der Waals surface area contributed by atoms with Gasteiger partial charge in [0.2, 0.25) is 10.0 Å². The van der Waals surface area contributed by atoms with Crippen molar-refractivity contribution in [2.75, 3.05) is 11.9 Å². The largest absolute Gasteiger partial charge is 0.369 e. The third kappa shape index (κ3) is 4.33. The predicted octanol–water partition coefficient (Wildman–Crippen LogP) is 2.88. The molecule has 0 aliphatic carbocycles. The molecule has 1 rings (SSSR count). The molecule has 5 nitrogen and oxygen atoms in total. The summed E-state index contributed by atoms with van der Waals surface area (Å²) in [5.41, 5.74) is 0. The second-order valence-corrected chi connectivity index (χ2v) is 7.03. The maximum Gasteiger partial charge on any atom is 0.242 e. The Bertz CT molecular complexity index is 547. The average molecular weight is 320 g/mol. The number of rotatable bonds is 7. The predicted molar refractivity (Wildman–Crippen MR) is 82.6 cm³/mol. The Morgan fingerprint density at radius 3 is 2.45 bits per heavy atom. The molecule has 1 heterocycles. The van der Waals surface area contributed by atoms with Gasteiger partial charge in [-0.2, -0.15) is 0 Å². The van der Waals surface area contributed by atoms with E-state index in [4.69, 9.17) is 11.6 Å². The fourth-order valence-corrected chi connectivity index (χ4v) is 3.56. The zero-order valence-corrected chi connectivity index (χ0v) is 13.8. The summed E-state index contributed by atoms with van der Waals surface area (Å²) in [7, 11) is -3.60. The van der Waals surface area contributed by atoms with Crippen LogP contribution in [0.5, 0.6) is 0 Å². The molecule has 0 saturated carbocycles. The molecule has 20 heavy (non-hydrogen) atoms. The average Bonchev–Trinajstić information content (AvgIpc) is 2.38. The third-order valence-electron chi connectivity index (χ3n) is 3.02. The van der Waals surface area contributed by atoms with Crippen LogP contribution < -0.4 is 10.0 Å². The summed E-state index contributed by atoms with van der Waals surface area (Å²) in [6, 6.07) is 1.31. The molecule has 0 saturated heterocycles. The maximum atomic E-state index is 12.3. The first-order valence-corrected chi connectivity index (χ1v) is 8.59. The van der Waals surface area contributed by atoms with Crippen LogP contribution in [0.25, 0.3) is 0 Å². The molecule has 0 spiro atoms. The maximum absolute atomic E-state index is 12.3. The zero-order valence-electron chi connectivity index (χ0n) is 12.3. The lowest BCUT2D eigenvalue weighted by Crippen LogP contribution is -2.38. The first kappa shape index (κ1) is 17.2. The molecule has 1 aromatic rings. The van der Waals surface area contributed by atoms with Gasteiger partial charge in [0.25, 0.3) is 0 Å². The number of hydrogen-bond acceptors (Lipinski definition) is 4. The summed E-state index contributed by atoms with van der Waals surface area (Å²) < 4.78 is 27.3. The summed E-state index contributed by atoms with van der Waals surface area (Å²) in [6.45, 7) is 8.50. The third-order valence-corrected chi connectivity index (χ3v) is 4.77. The topological polar surface area (TPSA) is 71.1 Å². The van der Waals surface area contributed by atoms with E-state index in [0.717, 1.165) is 6.42 Å². The van der Waals surface area contributed by atoms with Crippen LogP contribution in [-0.4, -0.2) is 26.0 Å². The lowest BCUT2D eigenvalue weighted by atomic mass is 10.0. The van der Waals surface area contributed by atoms with E-state index in [1.54, 1.807) is 0 Å². The number of aromatic nitrogens is 1. The Hall–Kier alpha value is -0.850. The molecule has 0 aliphatic heterocycles. The van der Waals surface area contributed by atoms with Gasteiger partial charge in [-0.1, -0.05) is 32.4 Å². The fourth-order valence-electron chi connectivity index (χ4n) is 1.82. The van der Waals surface area contributed by atoms with Crippen LogP contribution in [0.2, 0.25) is 5.02 Å². The van der Waals surface area contributed by atoms with Crippen molar-refractivity contribution < 1.29 is 8.42 Å². The van der Waals surface area contributed by atoms with Crippen LogP contribution in [0.4, 0.5) is 5.82 Å². The minimum atomic E-state index is -3.60. The van der Waals surface area contributed by atoms with E-state index in [-0.39, 0.29) is 16.9 Å². The summed E-state index contributed by atoms with van der Waals surface area (Å²) in [5.74, 6) is 0.711. The van der Waals surface area contributed by atoms with Crippen molar-refractivity contribution in [2.24, 2.45) is 5.92 Å². The zero-order chi connectivity index (χ0) is 15.3. The molecule has 0 fully saturated rings. The number of hydrogen-bond donors (Lipinski definition) is 2. The molecular formula is C13H22ClN3O2S. The number of pyridine rings is 1. The van der Waals surface area contributed by atoms with Crippen LogP contribution >= 0.6 is 11.6 Å². The highest BCUT2D eigenvalue weighted by molar-refractivity contribution is 7.89. The highest BCUT2D eigenvalue weighted by atomic mass is 35.5. The summed E-state index contributed by atoms with van der Waals surface area (Å²) in [4.78, 5) is 4.14. The Kier molecular flexibility index (Phi) is 6.23. The van der Waals surface area contributed by atoms with E-state index < -0.39 is 10.0 Å². The van der Waals surface area contributed by atoms with Gasteiger partial charge in [-0.05, 0) is 25.3 Å². The lowest BCUT2D eigenvalue weighted by Gasteiger charge is -2.20. The van der Waals surface area contributed by atoms with Crippen molar-refractivity contribution >= 4 is 27.4 Å². The quantitative estimate of drug-likeness (QED) is 0.810. The Morgan fingerprint density at radius 1 is 1.35 bits per heavy atom. The molecule has 7 heteroatoms. The molecule has 0 bridgehead atoms. The smallest absolute Gasteiger partial charge is 0.242 e. The Balaban J connectivity index is 3.01. The Labute approximate surface area is 126 Å². The van der Waals surface area contributed by atoms with E-state index in [2.05, 4.69) is 15.0 Å². The van der Waals surface area contributed by atoms with E-state index in [1.165, 1.54) is 12.3 Å². The highest BCUT2D eigenvalue weighted by Gasteiger charge is 2.22. The molecule has 0 aliphatic rings. The fraction of sp³-hybridized carbons (Fsp3) is 0.615. The molecule has 1 unspecified atom stereocenters. The van der Waals surface area contributed by atoms with Crippen molar-refractivity contribution in [3.8, 4) is 0 Å². The Morgan fingerprint density at radius 2 is 2.00 bits per heavy atom. The molecule has 114 valence electrons. The lowest BCUT2D eigenvalue weighted by molar-refractivity contribution is 0.437. The molecule has 0 aromatic carbocycles. The van der Waals surface area contributed by atoms with Crippen molar-refractivity contribution in [3.63, 3.8) is 0 Å². The SMILES string of the molecule is CCNc1ncc(S(=O)(=O)NC(CC)C(C)C)cc1Cl. The van der Waals surface area contributed by atoms with Crippen molar-refractivity contribution in [1.82, 2.24) is 9.71 Å². The van der Waals surface area contributed by atoms with E-state index in [9.17, 15) is 8.42 Å². The standard InChI is InChI=1S/C13H22ClN3O2S/c1-5-12(9(3)4)17-20(18,19)10-7-11(14)13(15-6-2)16-8-10/h7-9,12,17H,5-6H2,1-4H3,(H,15,16). The van der Waals surface area contributed by atoms with Crippen LogP contribution in [0.3, 0.4) is 0 Å². The second-order valence-electron chi connectivity index (χ2n) is 4.91. The van der Waals surface area contributed by atoms with E-state index >= 15 is 0 Å². The van der Waals surface area contributed by atoms with Crippen molar-refractivity contribution in [2.45, 2.75) is 45.1 Å². The van der Waals surface area contributed by atoms with Crippen LogP contribution in [0, 0.1) is 5.92 Å². The molecule has 2 N–H and O–H groups in total. The molecule has 1 atom stereocenters. The molecule has 0 radical (unpaired) electrons. The summed E-state index contributed by atoms with van der Waals surface area (Å²) in [6.07, 6.45) is 2.05. The highest BCUT2D eigenvalue weighted by Crippen LogP contribution is 2.23. The molecular weight excluding hydrogens is 298 g/mol. The number of anilines is 1. The van der Waals surface area contributed by atoms with Crippen molar-refractivity contribution in [3.05, 3.63) is 17.3 Å². The first-order valence-electron chi connectivity index (χ1n) is 6.73. The van der Waals surface area contributed by atoms with E-state index in [0.29, 0.717) is 17.4 Å². The van der Waals surface area contributed by atoms with Gasteiger partial charge in [-0.15, -0.1) is 0 Å². The van der Waals surface area contributed by atoms with Crippen LogP contribution in [-0.2, 0) is 10.0 Å². The van der Waals surface area contributed by atoms with Gasteiger partial charge < -0.3 is 5.32 Å². The summed E-state index contributed by atoms with van der Waals surface area (Å²) in [5, 5.41) is 3.26. The minimum Gasteiger partial charge on any atom is -0.369 e. The number of nitrogens with zero attached hydrogens (tertiary/aromatic N) is 1. The number of halogens is 1. The molecule has 0 amide bonds. The van der Waals surface area contributed by atoms with Gasteiger partial charge in [0.15, 0.2) is 0 Å². The van der Waals surface area contributed by atoms with Crippen LogP contribution in [0.15, 0.2) is 17.2 Å². The van der Waals surface area contributed by atoms with Gasteiger partial charge >= 0.3 is 0 Å². The minimum absolute atomic E-state index is 0.0863. The van der Waals surface area contributed by atoms with E-state index in [1.807, 2.05) is 27.7 Å². The van der Waals surface area contributed by atoms with Gasteiger partial charge in [0.05, 0.1) is 5.02 Å². The van der Waals surface area contributed by atoms with Gasteiger partial charge in [0.1, 0.15) is 10.7 Å². The van der Waals surface area contributed by atoms with Crippen molar-refractivity contribution in [1.29, 1.82) is 0 Å². The number of nitrogens with one attached hydrogen (secondary N) is 2. The first-order chi connectivity index (χ1) is 9.31. The summed E-state index contributed by atoms with van der Waals surface area (Å²) >= 11 is 6.03. The second kappa shape index (κ2) is 7.24.